The minimum absolute atomic E-state index is 0.0163. The molecule has 3 atom stereocenters. The van der Waals surface area contributed by atoms with Gasteiger partial charge in [0.1, 0.15) is 6.54 Å². The maximum absolute atomic E-state index is 12.3. The van der Waals surface area contributed by atoms with E-state index in [2.05, 4.69) is 34.7 Å². The van der Waals surface area contributed by atoms with Crippen LogP contribution in [0.25, 0.3) is 0 Å². The van der Waals surface area contributed by atoms with Crippen molar-refractivity contribution in [2.24, 2.45) is 0 Å². The fraction of sp³-hybridized carbons (Fsp3) is 0.355. The zero-order valence-electron chi connectivity index (χ0n) is 22.9. The first-order valence-corrected chi connectivity index (χ1v) is 13.5. The van der Waals surface area contributed by atoms with Gasteiger partial charge in [0.05, 0.1) is 25.4 Å². The van der Waals surface area contributed by atoms with Crippen LogP contribution in [0.3, 0.4) is 0 Å². The molecule has 3 aromatic rings. The molecule has 0 aliphatic carbocycles. The van der Waals surface area contributed by atoms with E-state index in [1.807, 2.05) is 54.6 Å². The normalized spacial score (nSPS) is 18.8. The average Bonchev–Trinajstić information content (AvgIpc) is 2.97. The molecule has 0 spiro atoms. The van der Waals surface area contributed by atoms with Crippen LogP contribution in [0.15, 0.2) is 78.9 Å². The molecule has 0 unspecified atom stereocenters. The Hall–Kier alpha value is -3.76. The quantitative estimate of drug-likeness (QED) is 0.303. The fourth-order valence-electron chi connectivity index (χ4n) is 4.64. The van der Waals surface area contributed by atoms with Gasteiger partial charge in [-0.15, -0.1) is 0 Å². The topological polar surface area (TPSA) is 109 Å². The van der Waals surface area contributed by atoms with Crippen molar-refractivity contribution in [2.45, 2.75) is 45.0 Å². The van der Waals surface area contributed by atoms with E-state index < -0.39 is 18.3 Å². The SMILES string of the molecule is CCOC(=O)CNC(=O)Nc1cccc([C@H]2O[C@@H](CN(C)Cc3ccccc3)C[C@@H](c3ccc(CO)cc3)O2)c1. The second-order valence-electron chi connectivity index (χ2n) is 9.77. The van der Waals surface area contributed by atoms with Gasteiger partial charge in [-0.3, -0.25) is 9.69 Å². The number of hydrogen-bond donors (Lipinski definition) is 3. The molecule has 9 nitrogen and oxygen atoms in total. The van der Waals surface area contributed by atoms with E-state index in [-0.39, 0.29) is 32.0 Å². The van der Waals surface area contributed by atoms with Crippen molar-refractivity contribution in [2.75, 3.05) is 32.1 Å². The zero-order valence-corrected chi connectivity index (χ0v) is 22.9. The van der Waals surface area contributed by atoms with Crippen molar-refractivity contribution < 1.29 is 28.9 Å². The molecular formula is C31H37N3O6. The number of benzene rings is 3. The maximum atomic E-state index is 12.3. The van der Waals surface area contributed by atoms with Crippen molar-refractivity contribution in [3.05, 3.63) is 101 Å². The van der Waals surface area contributed by atoms with Gasteiger partial charge < -0.3 is 30.0 Å². The summed E-state index contributed by atoms with van der Waals surface area (Å²) in [5.74, 6) is -0.503. The molecule has 3 aromatic carbocycles. The number of rotatable bonds is 11. The summed E-state index contributed by atoms with van der Waals surface area (Å²) in [7, 11) is 2.07. The molecule has 40 heavy (non-hydrogen) atoms. The Morgan fingerprint density at radius 3 is 2.48 bits per heavy atom. The highest BCUT2D eigenvalue weighted by molar-refractivity contribution is 5.91. The Bertz CT molecular complexity index is 1240. The number of carbonyl (C=O) groups is 2. The van der Waals surface area contributed by atoms with Crippen molar-refractivity contribution in [1.29, 1.82) is 0 Å². The van der Waals surface area contributed by atoms with Gasteiger partial charge in [-0.25, -0.2) is 4.79 Å². The average molecular weight is 548 g/mol. The van der Waals surface area contributed by atoms with E-state index in [9.17, 15) is 14.7 Å². The van der Waals surface area contributed by atoms with Gasteiger partial charge in [0.2, 0.25) is 0 Å². The van der Waals surface area contributed by atoms with Gasteiger partial charge in [-0.2, -0.15) is 0 Å². The molecule has 2 amide bonds. The fourth-order valence-corrected chi connectivity index (χ4v) is 4.64. The molecule has 0 radical (unpaired) electrons. The van der Waals surface area contributed by atoms with Crippen LogP contribution in [0.2, 0.25) is 0 Å². The Kier molecular flexibility index (Phi) is 10.7. The van der Waals surface area contributed by atoms with Gasteiger partial charge in [0, 0.05) is 30.8 Å². The van der Waals surface area contributed by atoms with Gasteiger partial charge in [-0.05, 0) is 42.8 Å². The summed E-state index contributed by atoms with van der Waals surface area (Å²) in [6, 6.07) is 24.8. The van der Waals surface area contributed by atoms with Crippen molar-refractivity contribution in [1.82, 2.24) is 10.2 Å². The number of urea groups is 1. The number of esters is 1. The summed E-state index contributed by atoms with van der Waals surface area (Å²) >= 11 is 0. The summed E-state index contributed by atoms with van der Waals surface area (Å²) in [6.45, 7) is 3.22. The first kappa shape index (κ1) is 29.2. The van der Waals surface area contributed by atoms with E-state index in [1.165, 1.54) is 5.56 Å². The van der Waals surface area contributed by atoms with Gasteiger partial charge >= 0.3 is 12.0 Å². The molecule has 0 bridgehead atoms. The van der Waals surface area contributed by atoms with Gasteiger partial charge in [-0.1, -0.05) is 66.7 Å². The predicted octanol–water partition coefficient (Wildman–Crippen LogP) is 4.54. The Morgan fingerprint density at radius 2 is 1.75 bits per heavy atom. The van der Waals surface area contributed by atoms with Gasteiger partial charge in [0.25, 0.3) is 0 Å². The van der Waals surface area contributed by atoms with Crippen molar-refractivity contribution >= 4 is 17.7 Å². The highest BCUT2D eigenvalue weighted by Gasteiger charge is 2.33. The summed E-state index contributed by atoms with van der Waals surface area (Å²) in [4.78, 5) is 26.1. The Morgan fingerprint density at radius 1 is 0.975 bits per heavy atom. The monoisotopic (exact) mass is 547 g/mol. The van der Waals surface area contributed by atoms with Crippen LogP contribution >= 0.6 is 0 Å². The number of hydrogen-bond acceptors (Lipinski definition) is 7. The number of aliphatic hydroxyl groups excluding tert-OH is 1. The number of ether oxygens (including phenoxy) is 3. The molecule has 0 aromatic heterocycles. The highest BCUT2D eigenvalue weighted by atomic mass is 16.7. The molecular weight excluding hydrogens is 510 g/mol. The minimum atomic E-state index is -0.657. The lowest BCUT2D eigenvalue weighted by Gasteiger charge is -2.38. The first-order chi connectivity index (χ1) is 19.4. The lowest BCUT2D eigenvalue weighted by molar-refractivity contribution is -0.252. The second kappa shape index (κ2) is 14.6. The third-order valence-electron chi connectivity index (χ3n) is 6.54. The number of nitrogens with one attached hydrogen (secondary N) is 2. The van der Waals surface area contributed by atoms with Crippen LogP contribution < -0.4 is 10.6 Å². The molecule has 0 saturated carbocycles. The van der Waals surface area contributed by atoms with Crippen molar-refractivity contribution in [3.63, 3.8) is 0 Å². The maximum Gasteiger partial charge on any atom is 0.325 e. The molecule has 212 valence electrons. The molecule has 3 N–H and O–H groups in total. The molecule has 9 heteroatoms. The van der Waals surface area contributed by atoms with E-state index in [4.69, 9.17) is 14.2 Å². The Balaban J connectivity index is 1.47. The van der Waals surface area contributed by atoms with Crippen LogP contribution in [-0.2, 0) is 32.2 Å². The van der Waals surface area contributed by atoms with E-state index in [0.29, 0.717) is 18.7 Å². The van der Waals surface area contributed by atoms with Gasteiger partial charge in [0.15, 0.2) is 6.29 Å². The lowest BCUT2D eigenvalue weighted by atomic mass is 9.99. The number of carbonyl (C=O) groups excluding carboxylic acids is 2. The third-order valence-corrected chi connectivity index (χ3v) is 6.54. The molecule has 1 saturated heterocycles. The second-order valence-corrected chi connectivity index (χ2v) is 9.77. The highest BCUT2D eigenvalue weighted by Crippen LogP contribution is 2.38. The molecule has 1 heterocycles. The number of amides is 2. The van der Waals surface area contributed by atoms with Crippen LogP contribution in [0.1, 0.15) is 48.0 Å². The van der Waals surface area contributed by atoms with E-state index in [1.54, 1.807) is 19.1 Å². The first-order valence-electron chi connectivity index (χ1n) is 13.5. The molecule has 1 aliphatic heterocycles. The lowest BCUT2D eigenvalue weighted by Crippen LogP contribution is -2.37. The third kappa shape index (κ3) is 8.62. The summed E-state index contributed by atoms with van der Waals surface area (Å²) < 4.78 is 17.7. The number of nitrogens with zero attached hydrogens (tertiary/aromatic N) is 1. The zero-order chi connectivity index (χ0) is 28.3. The van der Waals surface area contributed by atoms with Crippen LogP contribution in [0.5, 0.6) is 0 Å². The number of likely N-dealkylation sites (N-methyl/N-ethyl adjacent to an activating group) is 1. The van der Waals surface area contributed by atoms with E-state index >= 15 is 0 Å². The molecule has 1 aliphatic rings. The van der Waals surface area contributed by atoms with Crippen LogP contribution in [-0.4, -0.2) is 54.9 Å². The molecule has 1 fully saturated rings. The summed E-state index contributed by atoms with van der Waals surface area (Å²) in [5.41, 5.74) is 4.37. The van der Waals surface area contributed by atoms with Crippen molar-refractivity contribution in [3.8, 4) is 0 Å². The minimum Gasteiger partial charge on any atom is -0.465 e. The standard InChI is InChI=1S/C31H37N3O6/c1-3-38-29(36)18-32-31(37)33-26-11-7-10-25(16-26)30-39-27(20-34(2)19-22-8-5-4-6-9-22)17-28(40-30)24-14-12-23(21-35)13-15-24/h4-16,27-28,30,35H,3,17-21H2,1-2H3,(H2,32,33,37)/t27-,28+,30+/m1/s1. The smallest absolute Gasteiger partial charge is 0.325 e. The summed E-state index contributed by atoms with van der Waals surface area (Å²) in [6.07, 6.45) is -0.316. The predicted molar refractivity (Wildman–Crippen MR) is 151 cm³/mol. The van der Waals surface area contributed by atoms with E-state index in [0.717, 1.165) is 23.2 Å². The number of anilines is 1. The summed E-state index contributed by atoms with van der Waals surface area (Å²) in [5, 5.41) is 14.7. The molecule has 4 rings (SSSR count). The largest absolute Gasteiger partial charge is 0.465 e. The number of aliphatic hydroxyl groups is 1. The Labute approximate surface area is 235 Å². The van der Waals surface area contributed by atoms with Crippen LogP contribution in [0.4, 0.5) is 10.5 Å². The van der Waals surface area contributed by atoms with Crippen LogP contribution in [0, 0.1) is 0 Å².